The molecule has 0 saturated carbocycles. The van der Waals surface area contributed by atoms with Crippen molar-refractivity contribution < 1.29 is 5.11 Å². The molecule has 5 heteroatoms. The molecule has 0 saturated heterocycles. The lowest BCUT2D eigenvalue weighted by molar-refractivity contribution is 0.284. The van der Waals surface area contributed by atoms with Crippen molar-refractivity contribution in [1.29, 1.82) is 0 Å². The fourth-order valence-corrected chi connectivity index (χ4v) is 1.54. The summed E-state index contributed by atoms with van der Waals surface area (Å²) in [5.74, 6) is 0. The zero-order valence-electron chi connectivity index (χ0n) is 7.39. The minimum absolute atomic E-state index is 0.0653. The summed E-state index contributed by atoms with van der Waals surface area (Å²) in [6.45, 7) is -0.0653. The first-order chi connectivity index (χ1) is 6.83. The van der Waals surface area contributed by atoms with Crippen LogP contribution in [-0.4, -0.2) is 22.9 Å². The van der Waals surface area contributed by atoms with Crippen LogP contribution in [0.3, 0.4) is 0 Å². The van der Waals surface area contributed by atoms with Crippen molar-refractivity contribution in [2.45, 2.75) is 6.04 Å². The number of halogens is 1. The molecule has 0 amide bonds. The summed E-state index contributed by atoms with van der Waals surface area (Å²) < 4.78 is 0. The summed E-state index contributed by atoms with van der Waals surface area (Å²) in [6.07, 6.45) is 0. The molecule has 1 aromatic rings. The van der Waals surface area contributed by atoms with Gasteiger partial charge in [0.25, 0.3) is 0 Å². The van der Waals surface area contributed by atoms with Gasteiger partial charge in [-0.1, -0.05) is 29.8 Å². The second-order valence-electron chi connectivity index (χ2n) is 2.94. The van der Waals surface area contributed by atoms with Gasteiger partial charge in [0, 0.05) is 0 Å². The number of hydrazone groups is 1. The van der Waals surface area contributed by atoms with E-state index in [9.17, 15) is 0 Å². The molecule has 0 spiro atoms. The summed E-state index contributed by atoms with van der Waals surface area (Å²) >= 11 is 5.81. The highest BCUT2D eigenvalue weighted by Crippen LogP contribution is 2.19. The van der Waals surface area contributed by atoms with Gasteiger partial charge in [-0.2, -0.15) is 0 Å². The van der Waals surface area contributed by atoms with Crippen molar-refractivity contribution in [2.24, 2.45) is 5.10 Å². The van der Waals surface area contributed by atoms with Gasteiger partial charge < -0.3 is 5.11 Å². The maximum absolute atomic E-state index is 9.12. The fourth-order valence-electron chi connectivity index (χ4n) is 1.34. The Kier molecular flexibility index (Phi) is 2.56. The first kappa shape index (κ1) is 9.30. The molecule has 1 heterocycles. The molecule has 0 fully saturated rings. The predicted molar refractivity (Wildman–Crippen MR) is 56.2 cm³/mol. The average Bonchev–Trinajstić information content (AvgIpc) is 2.61. The molecule has 1 unspecified atom stereocenters. The molecule has 2 N–H and O–H groups in total. The maximum atomic E-state index is 9.12. The third kappa shape index (κ3) is 1.54. The Morgan fingerprint density at radius 3 is 2.79 bits per heavy atom. The summed E-state index contributed by atoms with van der Waals surface area (Å²) in [5.41, 5.74) is 3.68. The molecular weight excluding hydrogens is 202 g/mol. The standard InChI is InChI=1S/C9H10ClN3O/c10-9-8(6-14)13(12-11-9)7-4-2-1-3-5-7/h1-5,8,12,14H,6H2. The molecule has 1 aliphatic rings. The van der Waals surface area contributed by atoms with Crippen molar-refractivity contribution >= 4 is 22.5 Å². The van der Waals surface area contributed by atoms with Crippen LogP contribution in [0.2, 0.25) is 0 Å². The minimum Gasteiger partial charge on any atom is -0.394 e. The van der Waals surface area contributed by atoms with Gasteiger partial charge in [-0.3, -0.25) is 5.01 Å². The van der Waals surface area contributed by atoms with E-state index in [1.807, 2.05) is 30.3 Å². The Labute approximate surface area is 86.8 Å². The lowest BCUT2D eigenvalue weighted by Gasteiger charge is -2.23. The van der Waals surface area contributed by atoms with E-state index >= 15 is 0 Å². The molecule has 0 radical (unpaired) electrons. The van der Waals surface area contributed by atoms with Crippen LogP contribution in [0.15, 0.2) is 35.4 Å². The predicted octanol–water partition coefficient (Wildman–Crippen LogP) is 0.924. The number of rotatable bonds is 2. The van der Waals surface area contributed by atoms with Gasteiger partial charge in [0.2, 0.25) is 0 Å². The number of hydrazine groups is 1. The van der Waals surface area contributed by atoms with Gasteiger partial charge in [-0.05, 0) is 12.1 Å². The second kappa shape index (κ2) is 3.86. The van der Waals surface area contributed by atoms with Crippen LogP contribution in [0.4, 0.5) is 5.69 Å². The monoisotopic (exact) mass is 211 g/mol. The van der Waals surface area contributed by atoms with Gasteiger partial charge in [-0.25, -0.2) is 5.53 Å². The molecule has 4 nitrogen and oxygen atoms in total. The number of benzene rings is 1. The normalized spacial score (nSPS) is 20.6. The Hall–Kier alpha value is -1.26. The largest absolute Gasteiger partial charge is 0.394 e. The van der Waals surface area contributed by atoms with Crippen molar-refractivity contribution in [3.8, 4) is 0 Å². The third-order valence-electron chi connectivity index (χ3n) is 2.06. The van der Waals surface area contributed by atoms with Crippen molar-refractivity contribution in [3.63, 3.8) is 0 Å². The number of aliphatic hydroxyl groups is 1. The number of anilines is 1. The number of nitrogens with one attached hydrogen (secondary N) is 1. The number of para-hydroxylation sites is 1. The SMILES string of the molecule is OCC1C(Cl)=NNN1c1ccccc1. The highest BCUT2D eigenvalue weighted by atomic mass is 35.5. The molecule has 14 heavy (non-hydrogen) atoms. The smallest absolute Gasteiger partial charge is 0.155 e. The molecule has 2 rings (SSSR count). The quantitative estimate of drug-likeness (QED) is 0.765. The second-order valence-corrected chi connectivity index (χ2v) is 3.33. The Bertz CT molecular complexity index is 341. The van der Waals surface area contributed by atoms with E-state index in [0.717, 1.165) is 5.69 Å². The van der Waals surface area contributed by atoms with Crippen LogP contribution >= 0.6 is 11.6 Å². The van der Waals surface area contributed by atoms with Gasteiger partial charge in [0.1, 0.15) is 6.04 Å². The minimum atomic E-state index is -0.293. The van der Waals surface area contributed by atoms with E-state index in [2.05, 4.69) is 10.6 Å². The van der Waals surface area contributed by atoms with Gasteiger partial charge in [0.15, 0.2) is 5.17 Å². The van der Waals surface area contributed by atoms with Crippen LogP contribution in [-0.2, 0) is 0 Å². The topological polar surface area (TPSA) is 47.9 Å². The third-order valence-corrected chi connectivity index (χ3v) is 2.39. The molecule has 0 bridgehead atoms. The molecule has 1 aromatic carbocycles. The molecular formula is C9H10ClN3O. The highest BCUT2D eigenvalue weighted by molar-refractivity contribution is 6.67. The van der Waals surface area contributed by atoms with Crippen LogP contribution < -0.4 is 10.5 Å². The van der Waals surface area contributed by atoms with Gasteiger partial charge >= 0.3 is 0 Å². The zero-order chi connectivity index (χ0) is 9.97. The van der Waals surface area contributed by atoms with Crippen molar-refractivity contribution in [1.82, 2.24) is 5.53 Å². The first-order valence-corrected chi connectivity index (χ1v) is 4.64. The summed E-state index contributed by atoms with van der Waals surface area (Å²) in [5, 5.41) is 15.1. The Morgan fingerprint density at radius 1 is 1.43 bits per heavy atom. The van der Waals surface area contributed by atoms with E-state index in [4.69, 9.17) is 16.7 Å². The summed E-state index contributed by atoms with van der Waals surface area (Å²) in [6, 6.07) is 9.30. The first-order valence-electron chi connectivity index (χ1n) is 4.27. The lowest BCUT2D eigenvalue weighted by atomic mass is 10.2. The number of nitrogens with zero attached hydrogens (tertiary/aromatic N) is 2. The number of aliphatic hydroxyl groups excluding tert-OH is 1. The Morgan fingerprint density at radius 2 is 2.14 bits per heavy atom. The summed E-state index contributed by atoms with van der Waals surface area (Å²) in [4.78, 5) is 0. The van der Waals surface area contributed by atoms with Gasteiger partial charge in [-0.15, -0.1) is 5.10 Å². The van der Waals surface area contributed by atoms with E-state index in [1.165, 1.54) is 0 Å². The van der Waals surface area contributed by atoms with Crippen LogP contribution in [0, 0.1) is 0 Å². The lowest BCUT2D eigenvalue weighted by Crippen LogP contribution is -2.42. The van der Waals surface area contributed by atoms with E-state index in [0.29, 0.717) is 5.17 Å². The Balaban J connectivity index is 2.22. The zero-order valence-corrected chi connectivity index (χ0v) is 8.15. The van der Waals surface area contributed by atoms with Crippen LogP contribution in [0.5, 0.6) is 0 Å². The molecule has 0 aliphatic carbocycles. The molecule has 1 atom stereocenters. The van der Waals surface area contributed by atoms with E-state index in [1.54, 1.807) is 5.01 Å². The average molecular weight is 212 g/mol. The molecule has 0 aromatic heterocycles. The van der Waals surface area contributed by atoms with Crippen molar-refractivity contribution in [2.75, 3.05) is 11.6 Å². The molecule has 1 aliphatic heterocycles. The van der Waals surface area contributed by atoms with Crippen LogP contribution in [0.1, 0.15) is 0 Å². The van der Waals surface area contributed by atoms with Crippen molar-refractivity contribution in [3.05, 3.63) is 30.3 Å². The van der Waals surface area contributed by atoms with E-state index in [-0.39, 0.29) is 12.6 Å². The number of hydrogen-bond acceptors (Lipinski definition) is 4. The number of hydrogen-bond donors (Lipinski definition) is 2. The maximum Gasteiger partial charge on any atom is 0.155 e. The van der Waals surface area contributed by atoms with E-state index < -0.39 is 0 Å². The fraction of sp³-hybridized carbons (Fsp3) is 0.222. The van der Waals surface area contributed by atoms with Gasteiger partial charge in [0.05, 0.1) is 12.3 Å². The molecule has 74 valence electrons. The van der Waals surface area contributed by atoms with Crippen LogP contribution in [0.25, 0.3) is 0 Å². The summed E-state index contributed by atoms with van der Waals surface area (Å²) in [7, 11) is 0. The highest BCUT2D eigenvalue weighted by Gasteiger charge is 2.27.